The Bertz CT molecular complexity index is 1100. The largest absolute Gasteiger partial charge is 0.493 e. The van der Waals surface area contributed by atoms with E-state index in [0.717, 1.165) is 31.1 Å². The van der Waals surface area contributed by atoms with Gasteiger partial charge < -0.3 is 20.1 Å². The number of thioether (sulfide) groups is 1. The first-order valence-electron chi connectivity index (χ1n) is 14.2. The highest BCUT2D eigenvalue weighted by Gasteiger charge is 2.27. The summed E-state index contributed by atoms with van der Waals surface area (Å²) in [6, 6.07) is 13.9. The van der Waals surface area contributed by atoms with Gasteiger partial charge in [0.1, 0.15) is 0 Å². The number of ether oxygens (including phenoxy) is 2. The molecule has 0 aromatic heterocycles. The predicted molar refractivity (Wildman–Crippen MR) is 162 cm³/mol. The van der Waals surface area contributed by atoms with E-state index in [1.165, 1.54) is 59.4 Å². The molecule has 3 aliphatic rings. The molecule has 2 aliphatic heterocycles. The van der Waals surface area contributed by atoms with Crippen LogP contribution in [-0.4, -0.2) is 51.1 Å². The topological polar surface area (TPSA) is 45.8 Å². The molecule has 0 bridgehead atoms. The minimum Gasteiger partial charge on any atom is -0.493 e. The molecule has 1 aliphatic carbocycles. The van der Waals surface area contributed by atoms with Crippen LogP contribution >= 0.6 is 11.8 Å². The van der Waals surface area contributed by atoms with Crippen LogP contribution < -0.4 is 20.1 Å². The Hall–Kier alpha value is -2.57. The van der Waals surface area contributed by atoms with Crippen molar-refractivity contribution in [3.63, 3.8) is 0 Å². The van der Waals surface area contributed by atoms with Gasteiger partial charge in [-0.25, -0.2) is 0 Å². The maximum atomic E-state index is 5.76. The van der Waals surface area contributed by atoms with Crippen molar-refractivity contribution in [3.8, 4) is 11.5 Å². The third-order valence-corrected chi connectivity index (χ3v) is 8.55. The van der Waals surface area contributed by atoms with Crippen molar-refractivity contribution < 1.29 is 9.47 Å². The fraction of sp³-hybridized carbons (Fsp3) is 0.500. The van der Waals surface area contributed by atoms with Crippen molar-refractivity contribution >= 4 is 17.4 Å². The van der Waals surface area contributed by atoms with Crippen LogP contribution in [0.1, 0.15) is 69.0 Å². The van der Waals surface area contributed by atoms with Gasteiger partial charge in [0.25, 0.3) is 0 Å². The Kier molecular flexibility index (Phi) is 10.5. The summed E-state index contributed by atoms with van der Waals surface area (Å²) in [7, 11) is 3.49. The van der Waals surface area contributed by atoms with Gasteiger partial charge in [0.2, 0.25) is 0 Å². The lowest BCUT2D eigenvalue weighted by molar-refractivity contribution is 0.236. The molecule has 0 radical (unpaired) electrons. The van der Waals surface area contributed by atoms with Crippen LogP contribution in [-0.2, 0) is 0 Å². The number of anilines is 1. The first-order chi connectivity index (χ1) is 18.7. The molecule has 38 heavy (non-hydrogen) atoms. The molecule has 1 saturated heterocycles. The van der Waals surface area contributed by atoms with Gasteiger partial charge in [-0.1, -0.05) is 32.4 Å². The van der Waals surface area contributed by atoms with Crippen LogP contribution in [0.5, 0.6) is 11.5 Å². The Balaban J connectivity index is 0.00000164. The smallest absolute Gasteiger partial charge is 0.164 e. The number of piperidine rings is 1. The Morgan fingerprint density at radius 3 is 2.47 bits per heavy atom. The summed E-state index contributed by atoms with van der Waals surface area (Å²) in [5.74, 6) is 2.31. The lowest BCUT2D eigenvalue weighted by Crippen LogP contribution is -2.40. The quantitative estimate of drug-likeness (QED) is 0.327. The first-order valence-corrected chi connectivity index (χ1v) is 15.4. The molecule has 5 nitrogen and oxygen atoms in total. The van der Waals surface area contributed by atoms with E-state index >= 15 is 0 Å². The summed E-state index contributed by atoms with van der Waals surface area (Å²) in [4.78, 5) is 3.90. The van der Waals surface area contributed by atoms with Crippen molar-refractivity contribution in [2.24, 2.45) is 0 Å². The monoisotopic (exact) mass is 535 g/mol. The average Bonchev–Trinajstić information content (AvgIpc) is 2.94. The van der Waals surface area contributed by atoms with E-state index in [2.05, 4.69) is 76.5 Å². The molecule has 6 heteroatoms. The zero-order valence-corrected chi connectivity index (χ0v) is 24.6. The number of likely N-dealkylation sites (tertiary alicyclic amines) is 1. The summed E-state index contributed by atoms with van der Waals surface area (Å²) in [6.45, 7) is 7.23. The third-order valence-electron chi connectivity index (χ3n) is 7.82. The zero-order valence-electron chi connectivity index (χ0n) is 23.8. The summed E-state index contributed by atoms with van der Waals surface area (Å²) in [6.07, 6.45) is 14.9. The lowest BCUT2D eigenvalue weighted by atomic mass is 9.78. The fourth-order valence-corrected chi connectivity index (χ4v) is 5.99. The van der Waals surface area contributed by atoms with Gasteiger partial charge in [-0.3, -0.25) is 4.90 Å². The van der Waals surface area contributed by atoms with Crippen molar-refractivity contribution in [3.05, 3.63) is 71.5 Å². The van der Waals surface area contributed by atoms with E-state index in [0.29, 0.717) is 12.0 Å². The van der Waals surface area contributed by atoms with E-state index in [4.69, 9.17) is 9.47 Å². The van der Waals surface area contributed by atoms with Crippen LogP contribution in [0.2, 0.25) is 0 Å². The fourth-order valence-electron chi connectivity index (χ4n) is 5.53. The van der Waals surface area contributed by atoms with E-state index in [-0.39, 0.29) is 6.04 Å². The highest BCUT2D eigenvalue weighted by atomic mass is 32.2. The second-order valence-electron chi connectivity index (χ2n) is 10.1. The van der Waals surface area contributed by atoms with Gasteiger partial charge in [-0.2, -0.15) is 0 Å². The first kappa shape index (κ1) is 28.4. The molecule has 2 N–H and O–H groups in total. The molecule has 2 heterocycles. The summed E-state index contributed by atoms with van der Waals surface area (Å²) in [5, 5.41) is 7.31. The lowest BCUT2D eigenvalue weighted by Gasteiger charge is -2.34. The predicted octanol–water partition coefficient (Wildman–Crippen LogP) is 7.38. The molecular formula is C32H45N3O2S. The number of nitrogens with zero attached hydrogens (tertiary/aromatic N) is 1. The van der Waals surface area contributed by atoms with E-state index < -0.39 is 0 Å². The molecule has 0 spiro atoms. The number of rotatable bonds is 9. The zero-order chi connectivity index (χ0) is 26.9. The molecule has 5 rings (SSSR count). The minimum atomic E-state index is 0.145. The molecular weight excluding hydrogens is 490 g/mol. The Labute approximate surface area is 234 Å². The molecule has 2 fully saturated rings. The van der Waals surface area contributed by atoms with Crippen LogP contribution in [0.25, 0.3) is 0 Å². The number of benzene rings is 2. The summed E-state index contributed by atoms with van der Waals surface area (Å²) >= 11 is 1.79. The van der Waals surface area contributed by atoms with Gasteiger partial charge in [-0.05, 0) is 91.6 Å². The molecule has 1 atom stereocenters. The SMILES string of the molecule is CC.COc1cc(C2C=C(CN3CCC(Nc4cccc(SC)c4)CC3)C=CN2)cc(C2CCC2)c1OC. The average molecular weight is 536 g/mol. The van der Waals surface area contributed by atoms with Crippen LogP contribution in [0.4, 0.5) is 5.69 Å². The maximum Gasteiger partial charge on any atom is 0.164 e. The van der Waals surface area contributed by atoms with Crippen LogP contribution in [0.3, 0.4) is 0 Å². The van der Waals surface area contributed by atoms with Crippen LogP contribution in [0.15, 0.2) is 65.2 Å². The number of methoxy groups -OCH3 is 2. The Morgan fingerprint density at radius 2 is 1.82 bits per heavy atom. The number of nitrogens with one attached hydrogen (secondary N) is 2. The van der Waals surface area contributed by atoms with Crippen LogP contribution in [0, 0.1) is 0 Å². The molecule has 2 aromatic rings. The highest BCUT2D eigenvalue weighted by Crippen LogP contribution is 2.46. The van der Waals surface area contributed by atoms with Gasteiger partial charge in [-0.15, -0.1) is 11.8 Å². The van der Waals surface area contributed by atoms with E-state index in [1.807, 2.05) is 13.8 Å². The van der Waals surface area contributed by atoms with E-state index in [9.17, 15) is 0 Å². The minimum absolute atomic E-state index is 0.145. The van der Waals surface area contributed by atoms with E-state index in [1.54, 1.807) is 26.0 Å². The number of hydrogen-bond acceptors (Lipinski definition) is 6. The second-order valence-corrected chi connectivity index (χ2v) is 11.0. The number of dihydropyridines is 1. The normalized spacial score (nSPS) is 19.9. The highest BCUT2D eigenvalue weighted by molar-refractivity contribution is 7.98. The van der Waals surface area contributed by atoms with Gasteiger partial charge in [0.15, 0.2) is 11.5 Å². The van der Waals surface area contributed by atoms with Crippen molar-refractivity contribution in [2.75, 3.05) is 45.4 Å². The molecule has 1 unspecified atom stereocenters. The van der Waals surface area contributed by atoms with Gasteiger partial charge >= 0.3 is 0 Å². The second kappa shape index (κ2) is 14.0. The Morgan fingerprint density at radius 1 is 1.03 bits per heavy atom. The van der Waals surface area contributed by atoms with Crippen molar-refractivity contribution in [1.82, 2.24) is 10.2 Å². The summed E-state index contributed by atoms with van der Waals surface area (Å²) < 4.78 is 11.5. The number of hydrogen-bond donors (Lipinski definition) is 2. The van der Waals surface area contributed by atoms with Crippen molar-refractivity contribution in [1.29, 1.82) is 0 Å². The van der Waals surface area contributed by atoms with Gasteiger partial charge in [0.05, 0.1) is 20.3 Å². The summed E-state index contributed by atoms with van der Waals surface area (Å²) in [5.41, 5.74) is 5.15. The molecule has 206 valence electrons. The maximum absolute atomic E-state index is 5.76. The molecule has 2 aromatic carbocycles. The molecule has 1 saturated carbocycles. The van der Waals surface area contributed by atoms with Gasteiger partial charge in [0, 0.05) is 41.8 Å². The standard InChI is InChI=1S/C30H39N3O2S.C2H6/c1-34-29-18-23(17-27(30(29)35-2)22-6-4-7-22)28-16-21(10-13-31-28)20-33-14-11-24(12-15-33)32-25-8-5-9-26(19-25)36-3;1-2/h5,8-10,13,16-19,22,24,28,31-32H,4,6-7,11-12,14-15,20H2,1-3H3;1-2H3. The van der Waals surface area contributed by atoms with Crippen molar-refractivity contribution in [2.45, 2.75) is 68.8 Å². The molecule has 0 amide bonds. The third kappa shape index (κ3) is 6.89.